The van der Waals surface area contributed by atoms with E-state index in [0.29, 0.717) is 24.1 Å². The normalized spacial score (nSPS) is 21.7. The molecule has 1 aromatic heterocycles. The fourth-order valence-electron chi connectivity index (χ4n) is 1.39. The van der Waals surface area contributed by atoms with E-state index in [-0.39, 0.29) is 11.9 Å². The van der Waals surface area contributed by atoms with Crippen molar-refractivity contribution >= 4 is 23.5 Å². The van der Waals surface area contributed by atoms with Crippen LogP contribution in [0.5, 0.6) is 0 Å². The van der Waals surface area contributed by atoms with Crippen molar-refractivity contribution in [3.8, 4) is 0 Å². The van der Waals surface area contributed by atoms with Crippen molar-refractivity contribution in [2.75, 3.05) is 11.4 Å². The molecule has 0 aromatic carbocycles. The molecule has 1 fully saturated rings. The Kier molecular flexibility index (Phi) is 2.35. The van der Waals surface area contributed by atoms with Crippen LogP contribution < -0.4 is 10.6 Å². The third kappa shape index (κ3) is 1.69. The molecular formula is C8H9ClN4O. The van der Waals surface area contributed by atoms with Crippen LogP contribution in [-0.2, 0) is 4.79 Å². The van der Waals surface area contributed by atoms with E-state index in [4.69, 9.17) is 17.3 Å². The van der Waals surface area contributed by atoms with Gasteiger partial charge in [0.2, 0.25) is 11.9 Å². The number of hydrogen-bond donors (Lipinski definition) is 1. The van der Waals surface area contributed by atoms with Crippen LogP contribution in [-0.4, -0.2) is 28.5 Å². The van der Waals surface area contributed by atoms with Crippen molar-refractivity contribution in [3.05, 3.63) is 17.4 Å². The van der Waals surface area contributed by atoms with Gasteiger partial charge < -0.3 is 5.73 Å². The molecule has 14 heavy (non-hydrogen) atoms. The average Bonchev–Trinajstić information content (AvgIpc) is 2.45. The van der Waals surface area contributed by atoms with Crippen LogP contribution in [0.2, 0.25) is 5.15 Å². The number of amides is 1. The van der Waals surface area contributed by atoms with Crippen LogP contribution >= 0.6 is 11.6 Å². The molecule has 0 radical (unpaired) electrons. The average molecular weight is 213 g/mol. The van der Waals surface area contributed by atoms with Crippen LogP contribution in [0.15, 0.2) is 12.3 Å². The molecule has 1 atom stereocenters. The van der Waals surface area contributed by atoms with E-state index < -0.39 is 0 Å². The molecule has 0 aliphatic carbocycles. The van der Waals surface area contributed by atoms with Gasteiger partial charge in [-0.3, -0.25) is 9.69 Å². The molecular weight excluding hydrogens is 204 g/mol. The van der Waals surface area contributed by atoms with E-state index >= 15 is 0 Å². The van der Waals surface area contributed by atoms with Crippen LogP contribution in [0, 0.1) is 0 Å². The van der Waals surface area contributed by atoms with Crippen LogP contribution in [0.25, 0.3) is 0 Å². The summed E-state index contributed by atoms with van der Waals surface area (Å²) in [5.74, 6) is 0.273. The van der Waals surface area contributed by atoms with E-state index in [1.54, 1.807) is 6.07 Å². The number of nitrogens with two attached hydrogens (primary N) is 1. The van der Waals surface area contributed by atoms with Gasteiger partial charge in [-0.25, -0.2) is 9.97 Å². The van der Waals surface area contributed by atoms with E-state index in [1.165, 1.54) is 11.1 Å². The minimum absolute atomic E-state index is 0.0558. The zero-order valence-electron chi connectivity index (χ0n) is 7.35. The van der Waals surface area contributed by atoms with Crippen molar-refractivity contribution in [2.45, 2.75) is 12.5 Å². The Balaban J connectivity index is 2.27. The standard InChI is InChI=1S/C8H9ClN4O/c9-6-1-2-11-8(12-6)13-4-5(10)3-7(13)14/h1-2,5H,3-4,10H2. The molecule has 1 aromatic rings. The second-order valence-electron chi connectivity index (χ2n) is 3.15. The topological polar surface area (TPSA) is 72.1 Å². The highest BCUT2D eigenvalue weighted by Crippen LogP contribution is 2.17. The number of carbonyl (C=O) groups is 1. The molecule has 1 unspecified atom stereocenters. The Bertz CT molecular complexity index is 370. The summed E-state index contributed by atoms with van der Waals surface area (Å²) in [5, 5.41) is 0.322. The molecule has 0 bridgehead atoms. The van der Waals surface area contributed by atoms with Gasteiger partial charge >= 0.3 is 0 Å². The lowest BCUT2D eigenvalue weighted by Gasteiger charge is -2.12. The molecule has 0 saturated carbocycles. The van der Waals surface area contributed by atoms with Gasteiger partial charge in [0.05, 0.1) is 0 Å². The predicted molar refractivity (Wildman–Crippen MR) is 52.0 cm³/mol. The highest BCUT2D eigenvalue weighted by molar-refractivity contribution is 6.29. The van der Waals surface area contributed by atoms with Crippen LogP contribution in [0.1, 0.15) is 6.42 Å². The first kappa shape index (κ1) is 9.36. The minimum atomic E-state index is -0.134. The monoisotopic (exact) mass is 212 g/mol. The number of carbonyl (C=O) groups excluding carboxylic acids is 1. The van der Waals surface area contributed by atoms with Gasteiger partial charge in [0.15, 0.2) is 0 Å². The second-order valence-corrected chi connectivity index (χ2v) is 3.54. The van der Waals surface area contributed by atoms with Gasteiger partial charge in [0, 0.05) is 25.2 Å². The summed E-state index contributed by atoms with van der Waals surface area (Å²) in [5.41, 5.74) is 5.64. The van der Waals surface area contributed by atoms with Gasteiger partial charge in [-0.05, 0) is 6.07 Å². The molecule has 2 heterocycles. The minimum Gasteiger partial charge on any atom is -0.326 e. The Morgan fingerprint density at radius 1 is 1.64 bits per heavy atom. The lowest BCUT2D eigenvalue weighted by atomic mass is 10.3. The van der Waals surface area contributed by atoms with Crippen LogP contribution in [0.3, 0.4) is 0 Å². The Hall–Kier alpha value is -1.20. The van der Waals surface area contributed by atoms with E-state index in [9.17, 15) is 4.79 Å². The van der Waals surface area contributed by atoms with Gasteiger partial charge in [0.25, 0.3) is 0 Å². The molecule has 1 aliphatic rings. The number of nitrogens with zero attached hydrogens (tertiary/aromatic N) is 3. The first-order valence-electron chi connectivity index (χ1n) is 4.21. The number of rotatable bonds is 1. The predicted octanol–water partition coefficient (Wildman–Crippen LogP) is 0.194. The summed E-state index contributed by atoms with van der Waals surface area (Å²) >= 11 is 5.69. The second kappa shape index (κ2) is 3.51. The lowest BCUT2D eigenvalue weighted by molar-refractivity contribution is -0.117. The van der Waals surface area contributed by atoms with Crippen LogP contribution in [0.4, 0.5) is 5.95 Å². The Labute approximate surface area is 85.9 Å². The molecule has 0 spiro atoms. The molecule has 2 rings (SSSR count). The quantitative estimate of drug-likeness (QED) is 0.675. The van der Waals surface area contributed by atoms with E-state index in [0.717, 1.165) is 0 Å². The van der Waals surface area contributed by atoms with Crippen molar-refractivity contribution in [3.63, 3.8) is 0 Å². The molecule has 5 nitrogen and oxygen atoms in total. The summed E-state index contributed by atoms with van der Waals surface area (Å²) in [4.78, 5) is 20.8. The first-order valence-corrected chi connectivity index (χ1v) is 4.59. The number of aromatic nitrogens is 2. The van der Waals surface area contributed by atoms with Gasteiger partial charge in [-0.2, -0.15) is 0 Å². The fraction of sp³-hybridized carbons (Fsp3) is 0.375. The largest absolute Gasteiger partial charge is 0.326 e. The highest BCUT2D eigenvalue weighted by Gasteiger charge is 2.29. The van der Waals surface area contributed by atoms with Crippen molar-refractivity contribution in [2.24, 2.45) is 5.73 Å². The summed E-state index contributed by atoms with van der Waals surface area (Å²) in [6, 6.07) is 1.43. The molecule has 1 aliphatic heterocycles. The number of hydrogen-bond acceptors (Lipinski definition) is 4. The Morgan fingerprint density at radius 2 is 2.43 bits per heavy atom. The first-order chi connectivity index (χ1) is 6.66. The van der Waals surface area contributed by atoms with Gasteiger partial charge in [0.1, 0.15) is 5.15 Å². The third-order valence-corrected chi connectivity index (χ3v) is 2.22. The van der Waals surface area contributed by atoms with Gasteiger partial charge in [-0.15, -0.1) is 0 Å². The molecule has 6 heteroatoms. The maximum absolute atomic E-state index is 11.4. The zero-order valence-corrected chi connectivity index (χ0v) is 8.11. The highest BCUT2D eigenvalue weighted by atomic mass is 35.5. The smallest absolute Gasteiger partial charge is 0.233 e. The van der Waals surface area contributed by atoms with E-state index in [1.807, 2.05) is 0 Å². The SMILES string of the molecule is NC1CC(=O)N(c2nccc(Cl)n2)C1. The lowest BCUT2D eigenvalue weighted by Crippen LogP contribution is -2.29. The Morgan fingerprint density at radius 3 is 3.00 bits per heavy atom. The summed E-state index contributed by atoms with van der Waals surface area (Å²) in [6.07, 6.45) is 1.86. The number of anilines is 1. The summed E-state index contributed by atoms with van der Waals surface area (Å²) in [7, 11) is 0. The molecule has 74 valence electrons. The summed E-state index contributed by atoms with van der Waals surface area (Å²) < 4.78 is 0. The van der Waals surface area contributed by atoms with E-state index in [2.05, 4.69) is 9.97 Å². The molecule has 1 amide bonds. The summed E-state index contributed by atoms with van der Waals surface area (Å²) in [6.45, 7) is 0.458. The van der Waals surface area contributed by atoms with Crippen molar-refractivity contribution < 1.29 is 4.79 Å². The zero-order chi connectivity index (χ0) is 10.1. The van der Waals surface area contributed by atoms with Crippen molar-refractivity contribution in [1.82, 2.24) is 9.97 Å². The fourth-order valence-corrected chi connectivity index (χ4v) is 1.52. The van der Waals surface area contributed by atoms with Gasteiger partial charge in [-0.1, -0.05) is 11.6 Å². The maximum atomic E-state index is 11.4. The number of halogens is 1. The maximum Gasteiger partial charge on any atom is 0.233 e. The third-order valence-electron chi connectivity index (χ3n) is 2.01. The molecule has 2 N–H and O–H groups in total. The molecule has 1 saturated heterocycles. The van der Waals surface area contributed by atoms with Crippen molar-refractivity contribution in [1.29, 1.82) is 0 Å².